The number of alkyl halides is 1. The van der Waals surface area contributed by atoms with Crippen molar-refractivity contribution >= 4 is 17.4 Å². The van der Waals surface area contributed by atoms with E-state index in [4.69, 9.17) is 0 Å². The van der Waals surface area contributed by atoms with E-state index in [-0.39, 0.29) is 6.61 Å². The molecule has 1 aromatic carbocycles. The van der Waals surface area contributed by atoms with Crippen molar-refractivity contribution in [3.63, 3.8) is 0 Å². The van der Waals surface area contributed by atoms with Crippen molar-refractivity contribution in [1.29, 1.82) is 0 Å². The van der Waals surface area contributed by atoms with E-state index in [0.29, 0.717) is 12.1 Å². The molecule has 1 unspecified atom stereocenters. The minimum absolute atomic E-state index is 0.115. The van der Waals surface area contributed by atoms with Gasteiger partial charge in [0.1, 0.15) is 0 Å². The van der Waals surface area contributed by atoms with Crippen LogP contribution in [0.3, 0.4) is 0 Å². The van der Waals surface area contributed by atoms with Crippen molar-refractivity contribution in [3.8, 4) is 0 Å². The van der Waals surface area contributed by atoms with Crippen LogP contribution in [0.2, 0.25) is 0 Å². The first-order valence-electron chi connectivity index (χ1n) is 5.17. The predicted octanol–water partition coefficient (Wildman–Crippen LogP) is 1.82. The van der Waals surface area contributed by atoms with E-state index in [9.17, 15) is 28.5 Å². The Morgan fingerprint density at radius 3 is 2.63 bits per heavy atom. The molecule has 0 aliphatic carbocycles. The number of hydrogen-bond donors (Lipinski definition) is 0. The van der Waals surface area contributed by atoms with Crippen molar-refractivity contribution < 1.29 is 28.0 Å². The van der Waals surface area contributed by atoms with E-state index in [1.165, 1.54) is 6.92 Å². The van der Waals surface area contributed by atoms with Crippen molar-refractivity contribution in [1.82, 2.24) is 0 Å². The Kier molecular flexibility index (Phi) is 4.62. The number of Topliss-reactive ketones (excluding diaryl/α,β-unsaturated/α-hetero) is 1. The van der Waals surface area contributed by atoms with Gasteiger partial charge in [-0.05, 0) is 19.1 Å². The van der Waals surface area contributed by atoms with E-state index in [1.54, 1.807) is 0 Å². The number of nitro groups is 1. The maximum Gasteiger partial charge on any atom is 0.348 e. The minimum atomic E-state index is -2.59. The van der Waals surface area contributed by atoms with Gasteiger partial charge < -0.3 is 4.74 Å². The molecule has 0 amide bonds. The number of ether oxygens (including phenoxy) is 1. The van der Waals surface area contributed by atoms with Crippen LogP contribution in [0.1, 0.15) is 17.3 Å². The normalized spacial score (nSPS) is 11.7. The largest absolute Gasteiger partial charge is 0.463 e. The first-order valence-corrected chi connectivity index (χ1v) is 5.17. The number of ketones is 1. The summed E-state index contributed by atoms with van der Waals surface area (Å²) in [6.07, 6.45) is -2.59. The van der Waals surface area contributed by atoms with Crippen LogP contribution >= 0.6 is 0 Å². The summed E-state index contributed by atoms with van der Waals surface area (Å²) in [5.74, 6) is -3.87. The molecule has 8 heteroatoms. The van der Waals surface area contributed by atoms with E-state index in [2.05, 4.69) is 4.74 Å². The Hall–Kier alpha value is -2.38. The van der Waals surface area contributed by atoms with Crippen molar-refractivity contribution in [2.24, 2.45) is 0 Å². The fourth-order valence-electron chi connectivity index (χ4n) is 1.27. The van der Waals surface area contributed by atoms with Crippen LogP contribution in [0.15, 0.2) is 18.2 Å². The van der Waals surface area contributed by atoms with Crippen LogP contribution in [0.4, 0.5) is 14.5 Å². The highest BCUT2D eigenvalue weighted by Crippen LogP contribution is 2.20. The minimum Gasteiger partial charge on any atom is -0.463 e. The molecule has 0 N–H and O–H groups in total. The van der Waals surface area contributed by atoms with Crippen molar-refractivity contribution in [2.75, 3.05) is 6.61 Å². The van der Waals surface area contributed by atoms with Gasteiger partial charge in [-0.2, -0.15) is 4.39 Å². The monoisotopic (exact) mass is 273 g/mol. The van der Waals surface area contributed by atoms with Gasteiger partial charge in [-0.25, -0.2) is 9.18 Å². The molecule has 102 valence electrons. The van der Waals surface area contributed by atoms with Crippen molar-refractivity contribution in [2.45, 2.75) is 13.1 Å². The first-order chi connectivity index (χ1) is 8.88. The molecule has 0 spiro atoms. The lowest BCUT2D eigenvalue weighted by Gasteiger charge is -2.06. The van der Waals surface area contributed by atoms with Crippen LogP contribution in [-0.4, -0.2) is 29.5 Å². The molecule has 0 aliphatic rings. The van der Waals surface area contributed by atoms with Gasteiger partial charge in [0.2, 0.25) is 11.6 Å². The third-order valence-electron chi connectivity index (χ3n) is 2.15. The second-order valence-electron chi connectivity index (χ2n) is 3.40. The molecule has 0 fully saturated rings. The number of esters is 1. The summed E-state index contributed by atoms with van der Waals surface area (Å²) in [5.41, 5.74) is -1.45. The summed E-state index contributed by atoms with van der Waals surface area (Å²) < 4.78 is 30.7. The van der Waals surface area contributed by atoms with Gasteiger partial charge in [0.05, 0.1) is 11.5 Å². The highest BCUT2D eigenvalue weighted by atomic mass is 19.1. The second-order valence-corrected chi connectivity index (χ2v) is 3.40. The Morgan fingerprint density at radius 2 is 2.11 bits per heavy atom. The quantitative estimate of drug-likeness (QED) is 0.268. The number of nitro benzene ring substituents is 1. The average molecular weight is 273 g/mol. The van der Waals surface area contributed by atoms with Gasteiger partial charge in [0.25, 0.3) is 6.17 Å². The van der Waals surface area contributed by atoms with E-state index >= 15 is 0 Å². The van der Waals surface area contributed by atoms with Gasteiger partial charge in [-0.1, -0.05) is 0 Å². The van der Waals surface area contributed by atoms with Gasteiger partial charge in [-0.3, -0.25) is 14.9 Å². The Bertz CT molecular complexity index is 532. The molecule has 1 rings (SSSR count). The molecule has 0 heterocycles. The number of halogens is 2. The Morgan fingerprint density at radius 1 is 1.47 bits per heavy atom. The summed E-state index contributed by atoms with van der Waals surface area (Å²) in [6.45, 7) is 1.31. The van der Waals surface area contributed by atoms with Gasteiger partial charge >= 0.3 is 11.7 Å². The summed E-state index contributed by atoms with van der Waals surface area (Å²) in [4.78, 5) is 32.0. The molecule has 0 saturated heterocycles. The number of hydrogen-bond acceptors (Lipinski definition) is 5. The maximum absolute atomic E-state index is 13.4. The van der Waals surface area contributed by atoms with E-state index < -0.39 is 39.9 Å². The van der Waals surface area contributed by atoms with E-state index in [0.717, 1.165) is 6.07 Å². The lowest BCUT2D eigenvalue weighted by atomic mass is 10.1. The first kappa shape index (κ1) is 14.7. The topological polar surface area (TPSA) is 86.5 Å². The number of carbonyl (C=O) groups is 2. The Balaban J connectivity index is 3.03. The van der Waals surface area contributed by atoms with Crippen LogP contribution in [0.25, 0.3) is 0 Å². The molecular formula is C11H9F2NO5. The summed E-state index contributed by atoms with van der Waals surface area (Å²) >= 11 is 0. The zero-order chi connectivity index (χ0) is 14.6. The zero-order valence-electron chi connectivity index (χ0n) is 9.76. The summed E-state index contributed by atoms with van der Waals surface area (Å²) in [7, 11) is 0. The molecule has 0 aliphatic heterocycles. The van der Waals surface area contributed by atoms with E-state index in [1.807, 2.05) is 0 Å². The molecular weight excluding hydrogens is 264 g/mol. The molecule has 0 saturated carbocycles. The third-order valence-corrected chi connectivity index (χ3v) is 2.15. The summed E-state index contributed by atoms with van der Waals surface area (Å²) in [5, 5.41) is 10.5. The van der Waals surface area contributed by atoms with Crippen LogP contribution in [0, 0.1) is 15.9 Å². The fourth-order valence-corrected chi connectivity index (χ4v) is 1.27. The molecule has 1 atom stereocenters. The number of benzene rings is 1. The number of rotatable bonds is 5. The zero-order valence-corrected chi connectivity index (χ0v) is 9.76. The highest BCUT2D eigenvalue weighted by Gasteiger charge is 2.30. The average Bonchev–Trinajstić information content (AvgIpc) is 2.37. The third kappa shape index (κ3) is 3.30. The lowest BCUT2D eigenvalue weighted by Crippen LogP contribution is -2.28. The maximum atomic E-state index is 13.4. The number of carbonyl (C=O) groups excluding carboxylic acids is 2. The lowest BCUT2D eigenvalue weighted by molar-refractivity contribution is -0.387. The van der Waals surface area contributed by atoms with Crippen LogP contribution < -0.4 is 0 Å². The molecule has 0 bridgehead atoms. The van der Waals surface area contributed by atoms with Gasteiger partial charge in [0, 0.05) is 11.6 Å². The SMILES string of the molecule is CCOC(=O)C(F)C(=O)c1ccc(F)c([N+](=O)[O-])c1. The van der Waals surface area contributed by atoms with Gasteiger partial charge in [-0.15, -0.1) is 0 Å². The second kappa shape index (κ2) is 5.98. The van der Waals surface area contributed by atoms with Crippen LogP contribution in [-0.2, 0) is 9.53 Å². The fraction of sp³-hybridized carbons (Fsp3) is 0.273. The number of nitrogens with zero attached hydrogens (tertiary/aromatic N) is 1. The smallest absolute Gasteiger partial charge is 0.348 e. The molecule has 1 aromatic rings. The molecule has 6 nitrogen and oxygen atoms in total. The molecule has 19 heavy (non-hydrogen) atoms. The van der Waals surface area contributed by atoms with Crippen LogP contribution in [0.5, 0.6) is 0 Å². The standard InChI is InChI=1S/C11H9F2NO5/c1-2-19-11(16)9(13)10(15)6-3-4-7(12)8(5-6)14(17)18/h3-5,9H,2H2,1H3. The highest BCUT2D eigenvalue weighted by molar-refractivity contribution is 6.11. The predicted molar refractivity (Wildman–Crippen MR) is 58.9 cm³/mol. The molecule has 0 aromatic heterocycles. The van der Waals surface area contributed by atoms with Gasteiger partial charge in [0.15, 0.2) is 0 Å². The Labute approximate surface area is 106 Å². The summed E-state index contributed by atoms with van der Waals surface area (Å²) in [6, 6.07) is 2.09. The van der Waals surface area contributed by atoms with Crippen molar-refractivity contribution in [3.05, 3.63) is 39.7 Å². The molecule has 0 radical (unpaired) electrons.